The Hall–Kier alpha value is -3.19. The zero-order chi connectivity index (χ0) is 24.2. The number of anilines is 1. The lowest BCUT2D eigenvalue weighted by molar-refractivity contribution is -0.115. The van der Waals surface area contributed by atoms with E-state index in [1.54, 1.807) is 47.4 Å². The summed E-state index contributed by atoms with van der Waals surface area (Å²) in [6.45, 7) is 3.87. The van der Waals surface area contributed by atoms with Gasteiger partial charge < -0.3 is 5.32 Å². The van der Waals surface area contributed by atoms with Crippen molar-refractivity contribution in [2.75, 3.05) is 10.7 Å². The molecular weight excluding hydrogens is 454 g/mol. The van der Waals surface area contributed by atoms with Crippen LogP contribution in [-0.2, 0) is 11.2 Å². The van der Waals surface area contributed by atoms with Crippen LogP contribution in [0.25, 0.3) is 0 Å². The minimum atomic E-state index is -0.319. The minimum Gasteiger partial charge on any atom is -0.349 e. The molecule has 4 nitrogen and oxygen atoms in total. The molecule has 0 aromatic heterocycles. The molecule has 3 aromatic rings. The normalized spacial score (nSPS) is 16.5. The van der Waals surface area contributed by atoms with Gasteiger partial charge in [0, 0.05) is 17.3 Å². The van der Waals surface area contributed by atoms with E-state index in [1.165, 1.54) is 36.0 Å². The van der Waals surface area contributed by atoms with E-state index >= 15 is 0 Å². The van der Waals surface area contributed by atoms with Crippen LogP contribution in [0.4, 0.5) is 14.5 Å². The van der Waals surface area contributed by atoms with Crippen LogP contribution in [0.1, 0.15) is 45.8 Å². The van der Waals surface area contributed by atoms with Crippen molar-refractivity contribution in [3.05, 3.63) is 101 Å². The topological polar surface area (TPSA) is 49.4 Å². The second-order valence-electron chi connectivity index (χ2n) is 8.39. The molecule has 0 radical (unpaired) electrons. The summed E-state index contributed by atoms with van der Waals surface area (Å²) in [4.78, 5) is 27.4. The number of nitrogens with zero attached hydrogens (tertiary/aromatic N) is 1. The van der Waals surface area contributed by atoms with Crippen LogP contribution in [0, 0.1) is 18.6 Å². The molecule has 2 amide bonds. The van der Waals surface area contributed by atoms with E-state index in [-0.39, 0.29) is 34.9 Å². The first-order valence-corrected chi connectivity index (χ1v) is 12.3. The Bertz CT molecular complexity index is 1180. The molecule has 34 heavy (non-hydrogen) atoms. The zero-order valence-corrected chi connectivity index (χ0v) is 19.9. The highest BCUT2D eigenvalue weighted by atomic mass is 32.2. The van der Waals surface area contributed by atoms with Crippen molar-refractivity contribution in [1.82, 2.24) is 5.32 Å². The number of amides is 2. The molecule has 3 aromatic carbocycles. The summed E-state index contributed by atoms with van der Waals surface area (Å²) in [7, 11) is 0. The summed E-state index contributed by atoms with van der Waals surface area (Å²) in [5.41, 5.74) is 3.86. The predicted molar refractivity (Wildman–Crippen MR) is 132 cm³/mol. The lowest BCUT2D eigenvalue weighted by Gasteiger charge is -2.26. The van der Waals surface area contributed by atoms with Crippen molar-refractivity contribution < 1.29 is 18.4 Å². The third kappa shape index (κ3) is 5.30. The van der Waals surface area contributed by atoms with E-state index in [0.29, 0.717) is 17.7 Å². The van der Waals surface area contributed by atoms with Gasteiger partial charge in [-0.15, -0.1) is 11.8 Å². The van der Waals surface area contributed by atoms with Crippen molar-refractivity contribution in [3.8, 4) is 0 Å². The molecule has 1 aliphatic heterocycles. The van der Waals surface area contributed by atoms with Gasteiger partial charge in [-0.05, 0) is 78.9 Å². The molecule has 7 heteroatoms. The van der Waals surface area contributed by atoms with E-state index in [4.69, 9.17) is 0 Å². The molecule has 0 saturated carbocycles. The molecule has 1 aliphatic rings. The minimum absolute atomic E-state index is 0.0232. The molecule has 176 valence electrons. The van der Waals surface area contributed by atoms with Gasteiger partial charge in [-0.1, -0.05) is 31.2 Å². The number of carbonyl (C=O) groups excluding carboxylic acids is 2. The third-order valence-corrected chi connectivity index (χ3v) is 7.18. The van der Waals surface area contributed by atoms with Crippen LogP contribution in [-0.4, -0.2) is 23.6 Å². The Kier molecular flexibility index (Phi) is 7.32. The monoisotopic (exact) mass is 480 g/mol. The van der Waals surface area contributed by atoms with E-state index in [1.807, 2.05) is 13.8 Å². The molecule has 0 bridgehead atoms. The van der Waals surface area contributed by atoms with Crippen molar-refractivity contribution in [1.29, 1.82) is 0 Å². The highest BCUT2D eigenvalue weighted by Crippen LogP contribution is 2.42. The van der Waals surface area contributed by atoms with Gasteiger partial charge in [0.05, 0.1) is 5.75 Å². The summed E-state index contributed by atoms with van der Waals surface area (Å²) in [5, 5.41) is 2.81. The van der Waals surface area contributed by atoms with Crippen molar-refractivity contribution >= 4 is 29.3 Å². The molecule has 1 heterocycles. The maximum atomic E-state index is 13.4. The number of nitrogens with one attached hydrogen (secondary N) is 1. The molecule has 1 N–H and O–H groups in total. The standard InChI is InChI=1S/C27H26F2N2O2S/c1-3-23(15-18-4-9-21(28)10-5-18)30-26(33)20-8-13-24(17(2)14-20)31-25(32)16-34-27(31)19-6-11-22(29)12-7-19/h4-14,23,27H,3,15-16H2,1-2H3,(H,30,33). The second-order valence-corrected chi connectivity index (χ2v) is 9.46. The van der Waals surface area contributed by atoms with Gasteiger partial charge in [-0.3, -0.25) is 14.5 Å². The Morgan fingerprint density at radius 2 is 1.71 bits per heavy atom. The van der Waals surface area contributed by atoms with Crippen LogP contribution >= 0.6 is 11.8 Å². The van der Waals surface area contributed by atoms with E-state index in [0.717, 1.165) is 28.8 Å². The number of rotatable bonds is 7. The van der Waals surface area contributed by atoms with Crippen molar-refractivity contribution in [2.24, 2.45) is 0 Å². The number of aryl methyl sites for hydroxylation is 1. The third-order valence-electron chi connectivity index (χ3n) is 5.96. The summed E-state index contributed by atoms with van der Waals surface area (Å²) in [6, 6.07) is 17.7. The first-order chi connectivity index (χ1) is 16.4. The Labute approximate surface area is 202 Å². The van der Waals surface area contributed by atoms with Crippen molar-refractivity contribution in [2.45, 2.75) is 38.1 Å². The number of benzene rings is 3. The molecule has 2 unspecified atom stereocenters. The van der Waals surface area contributed by atoms with E-state index in [9.17, 15) is 18.4 Å². The number of hydrogen-bond acceptors (Lipinski definition) is 3. The summed E-state index contributed by atoms with van der Waals surface area (Å²) < 4.78 is 26.5. The highest BCUT2D eigenvalue weighted by Gasteiger charge is 2.35. The maximum absolute atomic E-state index is 13.4. The first kappa shape index (κ1) is 24.0. The average Bonchev–Trinajstić information content (AvgIpc) is 3.21. The fourth-order valence-corrected chi connectivity index (χ4v) is 5.27. The maximum Gasteiger partial charge on any atom is 0.251 e. The quantitative estimate of drug-likeness (QED) is 0.465. The van der Waals surface area contributed by atoms with E-state index < -0.39 is 0 Å². The van der Waals surface area contributed by atoms with Crippen molar-refractivity contribution in [3.63, 3.8) is 0 Å². The van der Waals surface area contributed by atoms with Gasteiger partial charge in [0.1, 0.15) is 17.0 Å². The average molecular weight is 481 g/mol. The lowest BCUT2D eigenvalue weighted by atomic mass is 10.0. The fourth-order valence-electron chi connectivity index (χ4n) is 4.10. The largest absolute Gasteiger partial charge is 0.349 e. The summed E-state index contributed by atoms with van der Waals surface area (Å²) >= 11 is 1.50. The lowest BCUT2D eigenvalue weighted by Crippen LogP contribution is -2.36. The Morgan fingerprint density at radius 3 is 2.32 bits per heavy atom. The molecule has 0 spiro atoms. The van der Waals surface area contributed by atoms with Crippen LogP contribution in [0.15, 0.2) is 66.7 Å². The Balaban J connectivity index is 1.50. The molecule has 0 aliphatic carbocycles. The second kappa shape index (κ2) is 10.4. The van der Waals surface area contributed by atoms with Gasteiger partial charge in [-0.2, -0.15) is 0 Å². The smallest absolute Gasteiger partial charge is 0.251 e. The summed E-state index contributed by atoms with van der Waals surface area (Å²) in [6.07, 6.45) is 1.34. The van der Waals surface area contributed by atoms with Gasteiger partial charge in [-0.25, -0.2) is 8.78 Å². The molecular formula is C27H26F2N2O2S. The predicted octanol–water partition coefficient (Wildman–Crippen LogP) is 5.80. The first-order valence-electron chi connectivity index (χ1n) is 11.2. The number of halogens is 2. The molecule has 4 rings (SSSR count). The number of hydrogen-bond donors (Lipinski definition) is 1. The summed E-state index contributed by atoms with van der Waals surface area (Å²) in [5.74, 6) is -0.481. The number of thioether (sulfide) groups is 1. The fraction of sp³-hybridized carbons (Fsp3) is 0.259. The Morgan fingerprint density at radius 1 is 1.06 bits per heavy atom. The van der Waals surface area contributed by atoms with Gasteiger partial charge in [0.25, 0.3) is 5.91 Å². The van der Waals surface area contributed by atoms with E-state index in [2.05, 4.69) is 5.32 Å². The number of carbonyl (C=O) groups is 2. The van der Waals surface area contributed by atoms with Gasteiger partial charge in [0.15, 0.2) is 0 Å². The highest BCUT2D eigenvalue weighted by molar-refractivity contribution is 8.00. The SMILES string of the molecule is CCC(Cc1ccc(F)cc1)NC(=O)c1ccc(N2C(=O)CSC2c2ccc(F)cc2)c(C)c1. The zero-order valence-electron chi connectivity index (χ0n) is 19.1. The van der Waals surface area contributed by atoms with Gasteiger partial charge in [0.2, 0.25) is 5.91 Å². The van der Waals surface area contributed by atoms with Gasteiger partial charge >= 0.3 is 0 Å². The molecule has 2 atom stereocenters. The molecule has 1 fully saturated rings. The van der Waals surface area contributed by atoms with Crippen LogP contribution in [0.3, 0.4) is 0 Å². The van der Waals surface area contributed by atoms with Crippen LogP contribution < -0.4 is 10.2 Å². The molecule has 1 saturated heterocycles. The van der Waals surface area contributed by atoms with Crippen LogP contribution in [0.5, 0.6) is 0 Å². The van der Waals surface area contributed by atoms with Crippen LogP contribution in [0.2, 0.25) is 0 Å².